The highest BCUT2D eigenvalue weighted by Crippen LogP contribution is 2.12. The fourth-order valence-corrected chi connectivity index (χ4v) is 1.94. The van der Waals surface area contributed by atoms with E-state index in [1.165, 1.54) is 12.3 Å². The molecule has 0 unspecified atom stereocenters. The number of hydrogen-bond acceptors (Lipinski definition) is 6. The maximum absolute atomic E-state index is 11.9. The Hall–Kier alpha value is -3.39. The number of ether oxygens (including phenoxy) is 1. The van der Waals surface area contributed by atoms with Gasteiger partial charge in [-0.15, -0.1) is 0 Å². The molecule has 2 aromatic carbocycles. The van der Waals surface area contributed by atoms with Crippen LogP contribution < -0.4 is 10.7 Å². The zero-order chi connectivity index (χ0) is 18.8. The van der Waals surface area contributed by atoms with Crippen LogP contribution in [0.3, 0.4) is 0 Å². The second-order valence-corrected chi connectivity index (χ2v) is 5.23. The number of hydrogen-bond donors (Lipinski definition) is 4. The molecule has 0 spiro atoms. The molecular formula is C18H19N3O5. The summed E-state index contributed by atoms with van der Waals surface area (Å²) in [5, 5.41) is 24.8. The van der Waals surface area contributed by atoms with Crippen LogP contribution in [-0.4, -0.2) is 41.1 Å². The van der Waals surface area contributed by atoms with Crippen LogP contribution in [0.25, 0.3) is 0 Å². The molecule has 0 heterocycles. The number of benzene rings is 2. The molecule has 0 fully saturated rings. The zero-order valence-corrected chi connectivity index (χ0v) is 13.8. The Morgan fingerprint density at radius 2 is 1.81 bits per heavy atom. The summed E-state index contributed by atoms with van der Waals surface area (Å²) in [7, 11) is 0. The van der Waals surface area contributed by atoms with Crippen molar-refractivity contribution >= 4 is 18.2 Å². The summed E-state index contributed by atoms with van der Waals surface area (Å²) in [6.45, 7) is -0.587. The number of aliphatic hydroxyl groups is 1. The standard InChI is InChI=1S/C18H19N3O5/c22-11-15(20-18(25)26-12-13-6-2-1-3-7-13)17(24)21-19-10-14-8-4-5-9-16(14)23/h1-10,15,22-23H,11-12H2,(H,20,25)(H,21,24)/b19-10+/t15-/m0/s1. The highest BCUT2D eigenvalue weighted by atomic mass is 16.5. The summed E-state index contributed by atoms with van der Waals surface area (Å²) in [6, 6.07) is 14.2. The topological polar surface area (TPSA) is 120 Å². The fourth-order valence-electron chi connectivity index (χ4n) is 1.94. The van der Waals surface area contributed by atoms with Crippen molar-refractivity contribution in [1.29, 1.82) is 0 Å². The first-order chi connectivity index (χ1) is 12.6. The molecule has 2 rings (SSSR count). The Kier molecular flexibility index (Phi) is 7.14. The van der Waals surface area contributed by atoms with E-state index in [9.17, 15) is 19.8 Å². The molecule has 0 radical (unpaired) electrons. The van der Waals surface area contributed by atoms with Crippen LogP contribution in [0.2, 0.25) is 0 Å². The molecule has 2 aromatic rings. The Bertz CT molecular complexity index is 764. The van der Waals surface area contributed by atoms with Gasteiger partial charge in [-0.2, -0.15) is 5.10 Å². The van der Waals surface area contributed by atoms with E-state index in [2.05, 4.69) is 15.8 Å². The van der Waals surface area contributed by atoms with Gasteiger partial charge in [-0.25, -0.2) is 10.2 Å². The van der Waals surface area contributed by atoms with Gasteiger partial charge in [0.05, 0.1) is 12.8 Å². The third-order valence-corrected chi connectivity index (χ3v) is 3.32. The molecule has 26 heavy (non-hydrogen) atoms. The molecule has 0 aliphatic rings. The van der Waals surface area contributed by atoms with Crippen molar-refractivity contribution in [2.75, 3.05) is 6.61 Å². The SMILES string of the molecule is O=C(N[C@@H](CO)C(=O)N/N=C/c1ccccc1O)OCc1ccccc1. The zero-order valence-electron chi connectivity index (χ0n) is 13.8. The smallest absolute Gasteiger partial charge is 0.408 e. The number of aliphatic hydroxyl groups excluding tert-OH is 1. The first-order valence-electron chi connectivity index (χ1n) is 7.79. The number of nitrogens with one attached hydrogen (secondary N) is 2. The van der Waals surface area contributed by atoms with E-state index in [1.807, 2.05) is 18.2 Å². The van der Waals surface area contributed by atoms with Gasteiger partial charge in [0.1, 0.15) is 18.4 Å². The Morgan fingerprint density at radius 1 is 1.12 bits per heavy atom. The van der Waals surface area contributed by atoms with Crippen molar-refractivity contribution in [3.63, 3.8) is 0 Å². The maximum atomic E-state index is 11.9. The molecule has 2 amide bonds. The molecule has 0 aromatic heterocycles. The van der Waals surface area contributed by atoms with Gasteiger partial charge in [-0.1, -0.05) is 42.5 Å². The molecule has 4 N–H and O–H groups in total. The predicted molar refractivity (Wildman–Crippen MR) is 94.5 cm³/mol. The fraction of sp³-hybridized carbons (Fsp3) is 0.167. The van der Waals surface area contributed by atoms with Crippen LogP contribution in [-0.2, 0) is 16.1 Å². The summed E-state index contributed by atoms with van der Waals surface area (Å²) in [6.07, 6.45) is 0.405. The molecular weight excluding hydrogens is 338 g/mol. The van der Waals surface area contributed by atoms with Gasteiger partial charge >= 0.3 is 6.09 Å². The van der Waals surface area contributed by atoms with Crippen molar-refractivity contribution in [1.82, 2.24) is 10.7 Å². The van der Waals surface area contributed by atoms with Crippen molar-refractivity contribution < 1.29 is 24.5 Å². The Morgan fingerprint density at radius 3 is 2.50 bits per heavy atom. The van der Waals surface area contributed by atoms with Gasteiger partial charge in [0.25, 0.3) is 5.91 Å². The van der Waals surface area contributed by atoms with Gasteiger partial charge in [-0.3, -0.25) is 4.79 Å². The molecule has 136 valence electrons. The third-order valence-electron chi connectivity index (χ3n) is 3.32. The van der Waals surface area contributed by atoms with E-state index in [1.54, 1.807) is 30.3 Å². The van der Waals surface area contributed by atoms with Crippen molar-refractivity contribution in [3.8, 4) is 5.75 Å². The van der Waals surface area contributed by atoms with E-state index >= 15 is 0 Å². The minimum Gasteiger partial charge on any atom is -0.507 e. The number of hydrazone groups is 1. The number of carbonyl (C=O) groups excluding carboxylic acids is 2. The summed E-state index contributed by atoms with van der Waals surface area (Å²) in [5.41, 5.74) is 3.38. The molecule has 0 aliphatic heterocycles. The number of phenols is 1. The van der Waals surface area contributed by atoms with Crippen molar-refractivity contribution in [2.45, 2.75) is 12.6 Å². The quantitative estimate of drug-likeness (QED) is 0.437. The summed E-state index contributed by atoms with van der Waals surface area (Å²) in [5.74, 6) is -0.720. The van der Waals surface area contributed by atoms with Crippen LogP contribution in [0.4, 0.5) is 4.79 Å². The largest absolute Gasteiger partial charge is 0.507 e. The number of para-hydroxylation sites is 1. The molecule has 8 nitrogen and oxygen atoms in total. The van der Waals surface area contributed by atoms with Gasteiger partial charge in [0, 0.05) is 5.56 Å². The first-order valence-corrected chi connectivity index (χ1v) is 7.79. The first kappa shape index (κ1) is 18.9. The van der Waals surface area contributed by atoms with Crippen LogP contribution >= 0.6 is 0 Å². The second kappa shape index (κ2) is 9.80. The lowest BCUT2D eigenvalue weighted by atomic mass is 10.2. The summed E-state index contributed by atoms with van der Waals surface area (Å²) >= 11 is 0. The van der Waals surface area contributed by atoms with Crippen molar-refractivity contribution in [3.05, 3.63) is 65.7 Å². The van der Waals surface area contributed by atoms with Gasteiger partial charge in [0.2, 0.25) is 0 Å². The minimum absolute atomic E-state index is 0.00632. The summed E-state index contributed by atoms with van der Waals surface area (Å²) in [4.78, 5) is 23.7. The van der Waals surface area contributed by atoms with E-state index in [-0.39, 0.29) is 12.4 Å². The maximum Gasteiger partial charge on any atom is 0.408 e. The van der Waals surface area contributed by atoms with Gasteiger partial charge < -0.3 is 20.3 Å². The number of phenolic OH excluding ortho intramolecular Hbond substituents is 1. The minimum atomic E-state index is -1.22. The Balaban J connectivity index is 1.82. The number of nitrogens with zero attached hydrogens (tertiary/aromatic N) is 1. The monoisotopic (exact) mass is 357 g/mol. The average Bonchev–Trinajstić information content (AvgIpc) is 2.66. The van der Waals surface area contributed by atoms with E-state index in [0.29, 0.717) is 5.56 Å². The lowest BCUT2D eigenvalue weighted by molar-refractivity contribution is -0.123. The van der Waals surface area contributed by atoms with Gasteiger partial charge in [0.15, 0.2) is 0 Å². The summed E-state index contributed by atoms with van der Waals surface area (Å²) < 4.78 is 4.99. The third kappa shape index (κ3) is 5.91. The second-order valence-electron chi connectivity index (χ2n) is 5.23. The normalized spacial score (nSPS) is 11.7. The lowest BCUT2D eigenvalue weighted by Crippen LogP contribution is -2.47. The highest BCUT2D eigenvalue weighted by molar-refractivity contribution is 5.88. The molecule has 0 saturated carbocycles. The number of alkyl carbamates (subject to hydrolysis) is 1. The predicted octanol–water partition coefficient (Wildman–Crippen LogP) is 1.13. The van der Waals surface area contributed by atoms with Gasteiger partial charge in [-0.05, 0) is 17.7 Å². The van der Waals surface area contributed by atoms with Crippen LogP contribution in [0.1, 0.15) is 11.1 Å². The molecule has 0 bridgehead atoms. The highest BCUT2D eigenvalue weighted by Gasteiger charge is 2.20. The molecule has 0 aliphatic carbocycles. The number of rotatable bonds is 7. The van der Waals surface area contributed by atoms with Crippen LogP contribution in [0, 0.1) is 0 Å². The Labute approximate surface area is 150 Å². The van der Waals surface area contributed by atoms with E-state index in [4.69, 9.17) is 4.74 Å². The molecule has 1 atom stereocenters. The van der Waals surface area contributed by atoms with Crippen LogP contribution in [0.15, 0.2) is 59.7 Å². The number of amides is 2. The number of carbonyl (C=O) groups is 2. The van der Waals surface area contributed by atoms with E-state index < -0.39 is 24.6 Å². The van der Waals surface area contributed by atoms with Crippen molar-refractivity contribution in [2.24, 2.45) is 5.10 Å². The number of aromatic hydroxyl groups is 1. The lowest BCUT2D eigenvalue weighted by Gasteiger charge is -2.14. The molecule has 0 saturated heterocycles. The van der Waals surface area contributed by atoms with E-state index in [0.717, 1.165) is 5.56 Å². The van der Waals surface area contributed by atoms with Crippen LogP contribution in [0.5, 0.6) is 5.75 Å². The molecule has 8 heteroatoms. The average molecular weight is 357 g/mol.